The van der Waals surface area contributed by atoms with Crippen LogP contribution in [0.25, 0.3) is 0 Å². The summed E-state index contributed by atoms with van der Waals surface area (Å²) in [5.41, 5.74) is 0. The first-order valence-electron chi connectivity index (χ1n) is 7.21. The number of hydrogen-bond acceptors (Lipinski definition) is 2. The van der Waals surface area contributed by atoms with Crippen molar-refractivity contribution in [1.82, 2.24) is 0 Å². The van der Waals surface area contributed by atoms with Crippen LogP contribution in [0.3, 0.4) is 0 Å². The van der Waals surface area contributed by atoms with Gasteiger partial charge in [-0.1, -0.05) is 19.8 Å². The van der Waals surface area contributed by atoms with Gasteiger partial charge in [-0.05, 0) is 50.9 Å². The molecule has 0 radical (unpaired) electrons. The summed E-state index contributed by atoms with van der Waals surface area (Å²) in [5, 5.41) is 0. The van der Waals surface area contributed by atoms with Crippen molar-refractivity contribution in [2.45, 2.75) is 59.0 Å². The molecule has 5 atom stereocenters. The second-order valence-electron chi connectivity index (χ2n) is 6.14. The molecule has 2 fully saturated rings. The number of ketones is 1. The molecule has 0 N–H and O–H groups in total. The van der Waals surface area contributed by atoms with Crippen LogP contribution in [0.1, 0.15) is 52.9 Å². The lowest BCUT2D eigenvalue weighted by atomic mass is 9.66. The summed E-state index contributed by atoms with van der Waals surface area (Å²) >= 11 is 0. The van der Waals surface area contributed by atoms with E-state index in [0.717, 1.165) is 12.5 Å². The van der Waals surface area contributed by atoms with Crippen molar-refractivity contribution in [3.05, 3.63) is 0 Å². The molecule has 0 aromatic heterocycles. The quantitative estimate of drug-likeness (QED) is 0.736. The van der Waals surface area contributed by atoms with Crippen LogP contribution in [-0.4, -0.2) is 18.5 Å². The molecule has 0 aromatic rings. The number of ether oxygens (including phenoxy) is 1. The van der Waals surface area contributed by atoms with Crippen LogP contribution in [0.5, 0.6) is 0 Å². The third-order valence-corrected chi connectivity index (χ3v) is 5.07. The van der Waals surface area contributed by atoms with Gasteiger partial charge in [-0.25, -0.2) is 0 Å². The lowest BCUT2D eigenvalue weighted by Crippen LogP contribution is -2.36. The van der Waals surface area contributed by atoms with E-state index in [2.05, 4.69) is 13.8 Å². The first-order chi connectivity index (χ1) is 8.09. The number of Topliss-reactive ketones (excluding diaryl/α,β-unsaturated/α-hetero) is 1. The maximum Gasteiger partial charge on any atom is 0.132 e. The fraction of sp³-hybridized carbons (Fsp3) is 0.933. The highest BCUT2D eigenvalue weighted by Gasteiger charge is 2.38. The molecule has 17 heavy (non-hydrogen) atoms. The Morgan fingerprint density at radius 2 is 2.00 bits per heavy atom. The molecular weight excluding hydrogens is 212 g/mol. The minimum Gasteiger partial charge on any atom is -0.378 e. The van der Waals surface area contributed by atoms with Crippen molar-refractivity contribution in [1.29, 1.82) is 0 Å². The Morgan fingerprint density at radius 1 is 1.24 bits per heavy atom. The molecule has 1 aliphatic heterocycles. The van der Waals surface area contributed by atoms with Gasteiger partial charge in [0.25, 0.3) is 0 Å². The molecule has 1 heterocycles. The van der Waals surface area contributed by atoms with Gasteiger partial charge in [-0.2, -0.15) is 0 Å². The van der Waals surface area contributed by atoms with E-state index in [1.54, 1.807) is 6.92 Å². The van der Waals surface area contributed by atoms with Gasteiger partial charge in [0.15, 0.2) is 0 Å². The molecular formula is C15H26O2. The van der Waals surface area contributed by atoms with Crippen molar-refractivity contribution in [3.63, 3.8) is 0 Å². The average Bonchev–Trinajstić information content (AvgIpc) is 2.50. The summed E-state index contributed by atoms with van der Waals surface area (Å²) in [6, 6.07) is 0. The maximum atomic E-state index is 11.6. The Hall–Kier alpha value is -0.370. The van der Waals surface area contributed by atoms with E-state index in [1.807, 2.05) is 0 Å². The van der Waals surface area contributed by atoms with Crippen molar-refractivity contribution in [2.75, 3.05) is 6.61 Å². The molecule has 0 spiro atoms. The van der Waals surface area contributed by atoms with Gasteiger partial charge in [0.2, 0.25) is 0 Å². The number of carbonyl (C=O) groups excluding carboxylic acids is 1. The maximum absolute atomic E-state index is 11.6. The third-order valence-electron chi connectivity index (χ3n) is 5.07. The van der Waals surface area contributed by atoms with Crippen LogP contribution in [-0.2, 0) is 9.53 Å². The van der Waals surface area contributed by atoms with E-state index in [9.17, 15) is 4.79 Å². The molecule has 1 saturated heterocycles. The molecule has 2 nitrogen and oxygen atoms in total. The Labute approximate surface area is 105 Å². The zero-order chi connectivity index (χ0) is 12.4. The molecule has 1 saturated carbocycles. The monoisotopic (exact) mass is 238 g/mol. The van der Waals surface area contributed by atoms with E-state index >= 15 is 0 Å². The summed E-state index contributed by atoms with van der Waals surface area (Å²) in [6.45, 7) is 6.92. The minimum atomic E-state index is 0.222. The number of fused-ring (bicyclic) bond motifs is 1. The van der Waals surface area contributed by atoms with Crippen LogP contribution in [0.2, 0.25) is 0 Å². The standard InChI is InChI=1S/C15H26O2/c1-10-7-8-13-5-4-6-14(11(2)12(3)16)15(13)9-17-10/h10-11,13-15H,4-9H2,1-3H3. The second-order valence-corrected chi connectivity index (χ2v) is 6.14. The minimum absolute atomic E-state index is 0.222. The zero-order valence-electron chi connectivity index (χ0n) is 11.4. The molecule has 5 unspecified atom stereocenters. The molecule has 2 heteroatoms. The van der Waals surface area contributed by atoms with Gasteiger partial charge in [0.1, 0.15) is 5.78 Å². The molecule has 2 rings (SSSR count). The summed E-state index contributed by atoms with van der Waals surface area (Å²) in [6.07, 6.45) is 6.78. The predicted octanol–water partition coefficient (Wildman–Crippen LogP) is 3.44. The normalized spacial score (nSPS) is 40.2. The fourth-order valence-corrected chi connectivity index (χ4v) is 3.74. The highest BCUT2D eigenvalue weighted by atomic mass is 16.5. The summed E-state index contributed by atoms with van der Waals surface area (Å²) in [5.74, 6) is 2.58. The number of hydrogen-bond donors (Lipinski definition) is 0. The van der Waals surface area contributed by atoms with Crippen molar-refractivity contribution in [2.24, 2.45) is 23.7 Å². The van der Waals surface area contributed by atoms with Gasteiger partial charge in [0, 0.05) is 5.92 Å². The van der Waals surface area contributed by atoms with E-state index in [1.165, 1.54) is 32.1 Å². The molecule has 0 aromatic carbocycles. The first-order valence-corrected chi connectivity index (χ1v) is 7.21. The molecule has 0 amide bonds. The fourth-order valence-electron chi connectivity index (χ4n) is 3.74. The smallest absolute Gasteiger partial charge is 0.132 e. The number of carbonyl (C=O) groups is 1. The van der Waals surface area contributed by atoms with E-state index in [4.69, 9.17) is 4.74 Å². The highest BCUT2D eigenvalue weighted by molar-refractivity contribution is 5.78. The van der Waals surface area contributed by atoms with Crippen LogP contribution < -0.4 is 0 Å². The lowest BCUT2D eigenvalue weighted by Gasteiger charge is -2.39. The largest absolute Gasteiger partial charge is 0.378 e. The van der Waals surface area contributed by atoms with Gasteiger partial charge in [0.05, 0.1) is 12.7 Å². The van der Waals surface area contributed by atoms with Crippen LogP contribution in [0, 0.1) is 23.7 Å². The highest BCUT2D eigenvalue weighted by Crippen LogP contribution is 2.43. The summed E-state index contributed by atoms with van der Waals surface area (Å²) < 4.78 is 5.92. The Kier molecular flexibility index (Phi) is 4.24. The van der Waals surface area contributed by atoms with Gasteiger partial charge in [-0.3, -0.25) is 4.79 Å². The van der Waals surface area contributed by atoms with Crippen LogP contribution in [0.15, 0.2) is 0 Å². The van der Waals surface area contributed by atoms with E-state index in [0.29, 0.717) is 23.7 Å². The lowest BCUT2D eigenvalue weighted by molar-refractivity contribution is -0.124. The predicted molar refractivity (Wildman–Crippen MR) is 68.8 cm³/mol. The molecule has 2 aliphatic rings. The molecule has 98 valence electrons. The second kappa shape index (κ2) is 5.51. The van der Waals surface area contributed by atoms with Gasteiger partial charge in [-0.15, -0.1) is 0 Å². The van der Waals surface area contributed by atoms with E-state index in [-0.39, 0.29) is 5.92 Å². The van der Waals surface area contributed by atoms with Crippen molar-refractivity contribution in [3.8, 4) is 0 Å². The topological polar surface area (TPSA) is 26.3 Å². The van der Waals surface area contributed by atoms with Crippen molar-refractivity contribution < 1.29 is 9.53 Å². The first kappa shape index (κ1) is 13.1. The van der Waals surface area contributed by atoms with Crippen molar-refractivity contribution >= 4 is 5.78 Å². The molecule has 0 bridgehead atoms. The third kappa shape index (κ3) is 2.90. The molecule has 1 aliphatic carbocycles. The Balaban J connectivity index is 2.09. The van der Waals surface area contributed by atoms with Crippen LogP contribution >= 0.6 is 0 Å². The Bertz CT molecular complexity index is 274. The Morgan fingerprint density at radius 3 is 2.71 bits per heavy atom. The summed E-state index contributed by atoms with van der Waals surface area (Å²) in [4.78, 5) is 11.6. The zero-order valence-corrected chi connectivity index (χ0v) is 11.4. The van der Waals surface area contributed by atoms with Crippen LogP contribution in [0.4, 0.5) is 0 Å². The van der Waals surface area contributed by atoms with Gasteiger partial charge < -0.3 is 4.74 Å². The summed E-state index contributed by atoms with van der Waals surface area (Å²) in [7, 11) is 0. The number of rotatable bonds is 2. The SMILES string of the molecule is CC(=O)C(C)C1CCCC2CCC(C)OCC21. The average molecular weight is 238 g/mol. The van der Waals surface area contributed by atoms with Gasteiger partial charge >= 0.3 is 0 Å². The van der Waals surface area contributed by atoms with E-state index < -0.39 is 0 Å².